The Kier molecular flexibility index (Phi) is 4.12. The third-order valence-corrected chi connectivity index (χ3v) is 4.30. The van der Waals surface area contributed by atoms with Crippen molar-refractivity contribution >= 4 is 34.6 Å². The summed E-state index contributed by atoms with van der Waals surface area (Å²) in [5.74, 6) is -0.928. The summed E-state index contributed by atoms with van der Waals surface area (Å²) in [5.41, 5.74) is 1.86. The minimum absolute atomic E-state index is 0.0108. The van der Waals surface area contributed by atoms with Gasteiger partial charge in [0.25, 0.3) is 0 Å². The first-order valence-electron chi connectivity index (χ1n) is 5.83. The number of aryl methyl sites for hydroxylation is 1. The molecule has 0 amide bonds. The number of aromatic carboxylic acids is 1. The highest BCUT2D eigenvalue weighted by Crippen LogP contribution is 2.31. The van der Waals surface area contributed by atoms with Crippen molar-refractivity contribution in [3.8, 4) is 0 Å². The largest absolute Gasteiger partial charge is 0.478 e. The van der Waals surface area contributed by atoms with E-state index < -0.39 is 5.97 Å². The van der Waals surface area contributed by atoms with Crippen molar-refractivity contribution in [2.75, 3.05) is 5.32 Å². The molecule has 2 N–H and O–H groups in total. The summed E-state index contributed by atoms with van der Waals surface area (Å²) in [4.78, 5) is 12.3. The molecule has 0 aliphatic carbocycles. The topological polar surface area (TPSA) is 49.3 Å². The molecule has 0 spiro atoms. The molecule has 0 saturated carbocycles. The summed E-state index contributed by atoms with van der Waals surface area (Å²) in [6, 6.07) is 9.04. The number of benzene rings is 1. The van der Waals surface area contributed by atoms with Crippen LogP contribution in [-0.2, 0) is 0 Å². The van der Waals surface area contributed by atoms with Gasteiger partial charge in [-0.3, -0.25) is 0 Å². The predicted molar refractivity (Wildman–Crippen MR) is 79.5 cm³/mol. The second kappa shape index (κ2) is 5.63. The van der Waals surface area contributed by atoms with Crippen LogP contribution in [0.5, 0.6) is 0 Å². The van der Waals surface area contributed by atoms with Gasteiger partial charge in [-0.2, -0.15) is 0 Å². The van der Waals surface area contributed by atoms with Crippen LogP contribution in [0.3, 0.4) is 0 Å². The van der Waals surface area contributed by atoms with E-state index in [1.54, 1.807) is 12.1 Å². The Hall–Kier alpha value is -1.52. The highest BCUT2D eigenvalue weighted by Gasteiger charge is 2.15. The number of hydrogen-bond donors (Lipinski definition) is 2. The smallest absolute Gasteiger partial charge is 0.337 e. The fourth-order valence-corrected chi connectivity index (χ4v) is 2.95. The second-order valence-electron chi connectivity index (χ2n) is 4.31. The number of hydrogen-bond acceptors (Lipinski definition) is 3. The van der Waals surface area contributed by atoms with E-state index in [1.807, 2.05) is 32.0 Å². The third-order valence-electron chi connectivity index (χ3n) is 2.88. The van der Waals surface area contributed by atoms with Crippen molar-refractivity contribution in [1.29, 1.82) is 0 Å². The molecule has 19 heavy (non-hydrogen) atoms. The zero-order valence-corrected chi connectivity index (χ0v) is 12.2. The number of thiophene rings is 1. The highest BCUT2D eigenvalue weighted by atomic mass is 35.5. The number of anilines is 1. The molecule has 1 unspecified atom stereocenters. The summed E-state index contributed by atoms with van der Waals surface area (Å²) in [5, 5.41) is 12.5. The average Bonchev–Trinajstić information content (AvgIpc) is 2.78. The van der Waals surface area contributed by atoms with Gasteiger partial charge < -0.3 is 10.4 Å². The maximum atomic E-state index is 11.2. The summed E-state index contributed by atoms with van der Waals surface area (Å²) in [6.45, 7) is 3.88. The second-order valence-corrected chi connectivity index (χ2v) is 6.06. The van der Waals surface area contributed by atoms with Crippen LogP contribution >= 0.6 is 22.9 Å². The van der Waals surface area contributed by atoms with Crippen LogP contribution in [-0.4, -0.2) is 11.1 Å². The van der Waals surface area contributed by atoms with Crippen LogP contribution in [0.25, 0.3) is 0 Å². The molecule has 0 fully saturated rings. The number of carboxylic acid groups (broad SMARTS) is 1. The van der Waals surface area contributed by atoms with Gasteiger partial charge in [0.1, 0.15) is 0 Å². The van der Waals surface area contributed by atoms with Gasteiger partial charge in [-0.25, -0.2) is 4.79 Å². The van der Waals surface area contributed by atoms with Crippen molar-refractivity contribution in [3.63, 3.8) is 0 Å². The van der Waals surface area contributed by atoms with Crippen molar-refractivity contribution in [3.05, 3.63) is 50.7 Å². The quantitative estimate of drug-likeness (QED) is 0.868. The van der Waals surface area contributed by atoms with Gasteiger partial charge in [0.2, 0.25) is 0 Å². The van der Waals surface area contributed by atoms with Crippen molar-refractivity contribution in [1.82, 2.24) is 0 Å². The Bertz CT molecular complexity index is 609. The predicted octanol–water partition coefficient (Wildman–Crippen LogP) is 4.58. The molecule has 1 aromatic heterocycles. The fraction of sp³-hybridized carbons (Fsp3) is 0.214. The lowest BCUT2D eigenvalue weighted by Crippen LogP contribution is -2.11. The SMILES string of the molecule is Cc1cccc(C(=O)O)c1NC(C)c1ccc(Cl)s1. The summed E-state index contributed by atoms with van der Waals surface area (Å²) in [7, 11) is 0. The highest BCUT2D eigenvalue weighted by molar-refractivity contribution is 7.16. The molecule has 0 bridgehead atoms. The number of carbonyl (C=O) groups is 1. The Labute approximate surface area is 120 Å². The van der Waals surface area contributed by atoms with Gasteiger partial charge in [-0.05, 0) is 37.6 Å². The molecular formula is C14H14ClNO2S. The first kappa shape index (κ1) is 13.9. The average molecular weight is 296 g/mol. The Morgan fingerprint density at radius 3 is 2.68 bits per heavy atom. The van der Waals surface area contributed by atoms with E-state index in [0.717, 1.165) is 14.8 Å². The molecule has 2 aromatic rings. The fourth-order valence-electron chi connectivity index (χ4n) is 1.89. The first-order chi connectivity index (χ1) is 8.99. The number of halogens is 1. The van der Waals surface area contributed by atoms with E-state index in [4.69, 9.17) is 11.6 Å². The van der Waals surface area contributed by atoms with Gasteiger partial charge in [-0.15, -0.1) is 11.3 Å². The lowest BCUT2D eigenvalue weighted by molar-refractivity contribution is 0.0698. The monoisotopic (exact) mass is 295 g/mol. The number of rotatable bonds is 4. The molecular weight excluding hydrogens is 282 g/mol. The molecule has 1 heterocycles. The molecule has 3 nitrogen and oxygen atoms in total. The van der Waals surface area contributed by atoms with Crippen molar-refractivity contribution in [2.45, 2.75) is 19.9 Å². The van der Waals surface area contributed by atoms with Crippen LogP contribution < -0.4 is 5.32 Å². The van der Waals surface area contributed by atoms with E-state index in [-0.39, 0.29) is 11.6 Å². The molecule has 5 heteroatoms. The third kappa shape index (κ3) is 3.08. The number of para-hydroxylation sites is 1. The molecule has 2 rings (SSSR count). The summed E-state index contributed by atoms with van der Waals surface area (Å²) < 4.78 is 0.729. The molecule has 0 radical (unpaired) electrons. The summed E-state index contributed by atoms with van der Waals surface area (Å²) in [6.07, 6.45) is 0. The summed E-state index contributed by atoms with van der Waals surface area (Å²) >= 11 is 7.41. The maximum Gasteiger partial charge on any atom is 0.337 e. The van der Waals surface area contributed by atoms with Crippen LogP contribution in [0.2, 0.25) is 4.34 Å². The lowest BCUT2D eigenvalue weighted by atomic mass is 10.1. The molecule has 1 atom stereocenters. The Morgan fingerprint density at radius 2 is 2.11 bits per heavy atom. The molecule has 100 valence electrons. The number of nitrogens with one attached hydrogen (secondary N) is 1. The molecule has 0 saturated heterocycles. The van der Waals surface area contributed by atoms with Crippen molar-refractivity contribution in [2.24, 2.45) is 0 Å². The van der Waals surface area contributed by atoms with E-state index in [2.05, 4.69) is 5.32 Å². The van der Waals surface area contributed by atoms with Gasteiger partial charge in [0.15, 0.2) is 0 Å². The van der Waals surface area contributed by atoms with E-state index in [1.165, 1.54) is 11.3 Å². The van der Waals surface area contributed by atoms with Crippen LogP contribution in [0.4, 0.5) is 5.69 Å². The number of carboxylic acids is 1. The Balaban J connectivity index is 2.30. The van der Waals surface area contributed by atoms with Crippen molar-refractivity contribution < 1.29 is 9.90 Å². The van der Waals surface area contributed by atoms with Gasteiger partial charge >= 0.3 is 5.97 Å². The Morgan fingerprint density at radius 1 is 1.37 bits per heavy atom. The van der Waals surface area contributed by atoms with E-state index >= 15 is 0 Å². The van der Waals surface area contributed by atoms with Crippen LogP contribution in [0, 0.1) is 6.92 Å². The van der Waals surface area contributed by atoms with Gasteiger partial charge in [0, 0.05) is 4.88 Å². The minimum Gasteiger partial charge on any atom is -0.478 e. The van der Waals surface area contributed by atoms with Gasteiger partial charge in [-0.1, -0.05) is 23.7 Å². The minimum atomic E-state index is -0.928. The van der Waals surface area contributed by atoms with E-state index in [9.17, 15) is 9.90 Å². The zero-order chi connectivity index (χ0) is 14.0. The van der Waals surface area contributed by atoms with Crippen LogP contribution in [0.15, 0.2) is 30.3 Å². The lowest BCUT2D eigenvalue weighted by Gasteiger charge is -2.17. The van der Waals surface area contributed by atoms with Crippen LogP contribution in [0.1, 0.15) is 33.8 Å². The standard InChI is InChI=1S/C14H14ClNO2S/c1-8-4-3-5-10(14(17)18)13(8)16-9(2)11-6-7-12(15)19-11/h3-7,9,16H,1-2H3,(H,17,18). The molecule has 1 aromatic carbocycles. The van der Waals surface area contributed by atoms with E-state index in [0.29, 0.717) is 5.69 Å². The normalized spacial score (nSPS) is 12.2. The van der Waals surface area contributed by atoms with Gasteiger partial charge in [0.05, 0.1) is 21.6 Å². The first-order valence-corrected chi connectivity index (χ1v) is 7.03. The maximum absolute atomic E-state index is 11.2. The zero-order valence-electron chi connectivity index (χ0n) is 10.6. The molecule has 0 aliphatic rings. The molecule has 0 aliphatic heterocycles.